The number of carbonyl (C=O) groups is 4. The van der Waals surface area contributed by atoms with Crippen LogP contribution in [0.2, 0.25) is 0 Å². The zero-order chi connectivity index (χ0) is 43.1. The largest absolute Gasteiger partial charge is 0.660 e. The average molecular weight is 1410 g/mol. The van der Waals surface area contributed by atoms with Crippen molar-refractivity contribution in [1.82, 2.24) is 24.9 Å². The summed E-state index contributed by atoms with van der Waals surface area (Å²) in [7, 11) is 0. The summed E-state index contributed by atoms with van der Waals surface area (Å²) in [6.45, 7) is 24.3. The van der Waals surface area contributed by atoms with Crippen molar-refractivity contribution in [2.45, 2.75) is 45.5 Å². The molecule has 0 unspecified atom stereocenters. The van der Waals surface area contributed by atoms with Gasteiger partial charge in [0.05, 0.1) is 12.8 Å². The standard InChI is InChI=1S/C7H12BrN2O.C7H11F2N2O.C7H13F2N2.C6H11N2O.C4H9N2.C3H5BrO2.C2H4.B.5Y/c8-2-1-7(11)10-5-3-9-4-6-10;8-6(9)5-7(12)11-3-1-10-2-4-11;8-7(9)1-4-11-5-2-10-3-6-11;1-6(9)8-4-2-7-3-5-8;1-2-6-4-3-5-1;4-2-1-3(5)6;1-2;;;;;;/h1-6H2;6H,1-5H2;7H,1-6H2;2-5H2,1H3;5H,1-4H2;1-2H2,(H,5,6);1-2H2;;;;;;/q5*-1;;;;;;;;. The third-order valence-electron chi connectivity index (χ3n) is 7.97. The maximum Gasteiger partial charge on any atom is 0.304 e. The predicted molar refractivity (Wildman–Crippen MR) is 233 cm³/mol. The minimum Gasteiger partial charge on any atom is -0.660 e. The van der Waals surface area contributed by atoms with Gasteiger partial charge in [-0.15, -0.1) is 78.6 Å². The van der Waals surface area contributed by atoms with Crippen LogP contribution in [-0.4, -0.2) is 218 Å². The molecule has 5 heterocycles. The Morgan fingerprint density at radius 3 is 1.19 bits per heavy atom. The number of carbonyl (C=O) groups excluding carboxylic acids is 3. The van der Waals surface area contributed by atoms with Gasteiger partial charge in [-0.1, -0.05) is 31.9 Å². The number of hydrogen-bond donors (Lipinski definition) is 2. The zero-order valence-electron chi connectivity index (χ0n) is 37.0. The summed E-state index contributed by atoms with van der Waals surface area (Å²) in [4.78, 5) is 49.7. The maximum absolute atomic E-state index is 11.8. The van der Waals surface area contributed by atoms with Crippen LogP contribution in [0.5, 0.6) is 0 Å². The number of rotatable bonds is 9. The molecule has 354 valence electrons. The van der Waals surface area contributed by atoms with Crippen LogP contribution in [0.25, 0.3) is 26.6 Å². The monoisotopic (exact) mass is 1410 g/mol. The van der Waals surface area contributed by atoms with Crippen molar-refractivity contribution in [2.24, 2.45) is 0 Å². The first-order chi connectivity index (χ1) is 27.4. The van der Waals surface area contributed by atoms with Crippen molar-refractivity contribution in [3.05, 3.63) is 39.7 Å². The molecule has 5 fully saturated rings. The molecule has 5 rings (SSSR count). The number of nitrogens with zero attached hydrogens (tertiary/aromatic N) is 9. The van der Waals surface area contributed by atoms with Crippen LogP contribution < -0.4 is 5.32 Å². The van der Waals surface area contributed by atoms with Gasteiger partial charge in [-0.2, -0.15) is 0 Å². The molecular formula is C36H65BBr2F4N10O5Y5-5. The summed E-state index contributed by atoms with van der Waals surface area (Å²) in [6, 6.07) is 0. The topological polar surface area (TPSA) is 184 Å². The summed E-state index contributed by atoms with van der Waals surface area (Å²) in [6.07, 6.45) is -4.52. The molecule has 63 heavy (non-hydrogen) atoms. The summed E-state index contributed by atoms with van der Waals surface area (Å²) in [5, 5.41) is 32.9. The summed E-state index contributed by atoms with van der Waals surface area (Å²) in [5.41, 5.74) is 0. The van der Waals surface area contributed by atoms with Crippen LogP contribution in [0.15, 0.2) is 13.2 Å². The number of amides is 3. The molecule has 5 aliphatic heterocycles. The third-order valence-corrected chi connectivity index (χ3v) is 8.76. The molecule has 0 spiro atoms. The van der Waals surface area contributed by atoms with Gasteiger partial charge in [-0.25, -0.2) is 17.6 Å². The Labute approximate surface area is 519 Å². The van der Waals surface area contributed by atoms with Gasteiger partial charge < -0.3 is 56.6 Å². The molecule has 0 aromatic heterocycles. The molecule has 8 radical (unpaired) electrons. The zero-order valence-corrected chi connectivity index (χ0v) is 54.4. The molecule has 0 bridgehead atoms. The molecule has 5 aliphatic rings. The molecule has 2 N–H and O–H groups in total. The van der Waals surface area contributed by atoms with E-state index in [1.165, 1.54) is 4.90 Å². The van der Waals surface area contributed by atoms with Gasteiger partial charge >= 0.3 is 5.97 Å². The maximum atomic E-state index is 11.8. The Kier molecular flexibility index (Phi) is 81.8. The first kappa shape index (κ1) is 83.5. The number of hydrogen-bond acceptors (Lipinski definition) is 6. The van der Waals surface area contributed by atoms with Gasteiger partial charge in [0.25, 0.3) is 0 Å². The van der Waals surface area contributed by atoms with E-state index in [1.807, 2.05) is 14.7 Å². The fraction of sp³-hybridized carbons (Fsp3) is 0.833. The normalized spacial score (nSPS) is 16.4. The minimum absolute atomic E-state index is 0. The van der Waals surface area contributed by atoms with E-state index in [0.29, 0.717) is 44.5 Å². The van der Waals surface area contributed by atoms with Crippen LogP contribution in [0.3, 0.4) is 0 Å². The number of halogens is 6. The minimum atomic E-state index is -2.53. The Morgan fingerprint density at radius 2 is 0.937 bits per heavy atom. The van der Waals surface area contributed by atoms with Gasteiger partial charge in [0, 0.05) is 248 Å². The Hall–Kier alpha value is 3.60. The first-order valence-corrected chi connectivity index (χ1v) is 21.5. The van der Waals surface area contributed by atoms with E-state index in [-0.39, 0.29) is 197 Å². The third kappa shape index (κ3) is 56.4. The second-order valence-electron chi connectivity index (χ2n) is 12.3. The molecule has 0 saturated carbocycles. The van der Waals surface area contributed by atoms with E-state index in [4.69, 9.17) is 5.11 Å². The number of nitrogens with one attached hydrogen (secondary N) is 1. The van der Waals surface area contributed by atoms with Gasteiger partial charge in [-0.3, -0.25) is 19.2 Å². The van der Waals surface area contributed by atoms with Crippen LogP contribution in [-0.2, 0) is 183 Å². The number of carboxylic acids is 1. The molecule has 0 aromatic rings. The van der Waals surface area contributed by atoms with Crippen molar-refractivity contribution >= 4 is 64.0 Å². The van der Waals surface area contributed by atoms with Gasteiger partial charge in [0.2, 0.25) is 30.6 Å². The number of piperazine rings is 5. The Morgan fingerprint density at radius 1 is 0.587 bits per heavy atom. The molecule has 15 nitrogen and oxygen atoms in total. The SMILES string of the molecule is C1CNCC[N-]1.C=C.CC(=O)N1CC[N-]CC1.FC(F)CCN1CC[N-]CC1.O=C(CC(F)F)N1CC[N-]CC1.O=C(CCBr)N1CC[N-]CC1.O=C(O)CCBr.[B].[Y].[Y].[Y].[Y].[Y]. The molecule has 0 atom stereocenters. The van der Waals surface area contributed by atoms with Gasteiger partial charge in [0.1, 0.15) is 0 Å². The molecular weight excluding hydrogens is 1340 g/mol. The van der Waals surface area contributed by atoms with Crippen molar-refractivity contribution < 1.29 is 205 Å². The summed E-state index contributed by atoms with van der Waals surface area (Å²) < 4.78 is 47.0. The van der Waals surface area contributed by atoms with Crippen molar-refractivity contribution in [2.75, 3.05) is 148 Å². The van der Waals surface area contributed by atoms with Crippen LogP contribution in [0, 0.1) is 0 Å². The second kappa shape index (κ2) is 61.7. The van der Waals surface area contributed by atoms with Crippen molar-refractivity contribution in [3.63, 3.8) is 0 Å². The van der Waals surface area contributed by atoms with Crippen molar-refractivity contribution in [1.29, 1.82) is 0 Å². The fourth-order valence-corrected chi connectivity index (χ4v) is 5.60. The Balaban J connectivity index is -0.0000000948. The van der Waals surface area contributed by atoms with E-state index in [2.05, 4.69) is 76.9 Å². The van der Waals surface area contributed by atoms with Gasteiger partial charge in [-0.05, 0) is 26.2 Å². The molecule has 0 aliphatic carbocycles. The fourth-order valence-electron chi connectivity index (χ4n) is 4.92. The van der Waals surface area contributed by atoms with E-state index >= 15 is 0 Å². The van der Waals surface area contributed by atoms with Gasteiger partial charge in [0.15, 0.2) is 0 Å². The van der Waals surface area contributed by atoms with E-state index in [0.717, 1.165) is 110 Å². The van der Waals surface area contributed by atoms with Crippen molar-refractivity contribution in [3.8, 4) is 0 Å². The van der Waals surface area contributed by atoms with Crippen LogP contribution >= 0.6 is 31.9 Å². The quantitative estimate of drug-likeness (QED) is 0.146. The molecule has 0 aromatic carbocycles. The van der Waals surface area contributed by atoms with E-state index in [1.54, 1.807) is 6.92 Å². The summed E-state index contributed by atoms with van der Waals surface area (Å²) in [5.74, 6) is -0.798. The summed E-state index contributed by atoms with van der Waals surface area (Å²) >= 11 is 6.21. The number of alkyl halides is 6. The molecule has 27 heteroatoms. The smallest absolute Gasteiger partial charge is 0.304 e. The first-order valence-electron chi connectivity index (χ1n) is 19.2. The van der Waals surface area contributed by atoms with E-state index in [9.17, 15) is 36.7 Å². The number of carboxylic acid groups (broad SMARTS) is 1. The number of aliphatic carboxylic acids is 1. The van der Waals surface area contributed by atoms with Crippen LogP contribution in [0.1, 0.15) is 32.6 Å². The molecule has 3 amide bonds. The Bertz CT molecular complexity index is 1010. The molecule has 5 saturated heterocycles. The van der Waals surface area contributed by atoms with E-state index < -0.39 is 31.1 Å². The van der Waals surface area contributed by atoms with Crippen LogP contribution in [0.4, 0.5) is 17.6 Å². The predicted octanol–water partition coefficient (Wildman–Crippen LogP) is 4.63. The second-order valence-corrected chi connectivity index (χ2v) is 13.8. The average Bonchev–Trinajstić information content (AvgIpc) is 3.24.